The van der Waals surface area contributed by atoms with Crippen LogP contribution >= 0.6 is 12.4 Å². The number of hydrogen-bond acceptors (Lipinski definition) is 3. The number of hydrogen-bond donors (Lipinski definition) is 1. The van der Waals surface area contributed by atoms with Gasteiger partial charge in [-0.15, -0.1) is 12.4 Å². The van der Waals surface area contributed by atoms with E-state index in [-0.39, 0.29) is 37.2 Å². The van der Waals surface area contributed by atoms with E-state index in [9.17, 15) is 0 Å². The third-order valence-corrected chi connectivity index (χ3v) is 6.06. The lowest BCUT2D eigenvalue weighted by Crippen LogP contribution is -2.65. The lowest BCUT2D eigenvalue weighted by molar-refractivity contribution is -0.199. The smallest absolute Gasteiger partial charge is 0.404 e. The highest BCUT2D eigenvalue weighted by molar-refractivity contribution is 6.47. The molecule has 0 aromatic heterocycles. The summed E-state index contributed by atoms with van der Waals surface area (Å²) < 4.78 is 12.5. The predicted octanol–water partition coefficient (Wildman–Crippen LogP) is 3.05. The standard InChI is InChI=1S/C15H28BNO2.ClH/c1-9(2)6-13(17)16-18-12-8-10-7-11(14(10,3)4)15(12,5)19-16;/h9-13H,6-8,17H2,1-5H3;1H/t10?,11?,12?,13?,15-;/m0./s1. The Morgan fingerprint density at radius 3 is 2.45 bits per heavy atom. The minimum absolute atomic E-state index is 0. The molecule has 4 rings (SSSR count). The van der Waals surface area contributed by atoms with Crippen LogP contribution in [0.5, 0.6) is 0 Å². The van der Waals surface area contributed by atoms with E-state index in [2.05, 4.69) is 34.6 Å². The number of rotatable bonds is 3. The molecule has 3 aliphatic carbocycles. The normalized spacial score (nSPS) is 42.8. The first-order valence-electron chi connectivity index (χ1n) is 7.84. The summed E-state index contributed by atoms with van der Waals surface area (Å²) >= 11 is 0. The molecule has 1 heterocycles. The highest BCUT2D eigenvalue weighted by Crippen LogP contribution is 2.65. The van der Waals surface area contributed by atoms with Crippen molar-refractivity contribution in [1.82, 2.24) is 0 Å². The Kier molecular flexibility index (Phi) is 4.28. The monoisotopic (exact) mass is 301 g/mol. The second-order valence-electron chi connectivity index (χ2n) is 8.13. The number of nitrogens with two attached hydrogens (primary N) is 1. The topological polar surface area (TPSA) is 44.5 Å². The van der Waals surface area contributed by atoms with Crippen LogP contribution < -0.4 is 5.73 Å². The van der Waals surface area contributed by atoms with Gasteiger partial charge in [-0.1, -0.05) is 27.7 Å². The van der Waals surface area contributed by atoms with Crippen LogP contribution in [0.1, 0.15) is 53.9 Å². The van der Waals surface area contributed by atoms with Gasteiger partial charge in [0.05, 0.1) is 11.7 Å². The SMILES string of the molecule is CC(C)CC(N)B1OC2CC3CC(C3(C)C)[C@]2(C)O1.Cl. The molecular formula is C15H29BClNO2. The molecule has 3 nitrogen and oxygen atoms in total. The van der Waals surface area contributed by atoms with E-state index in [1.54, 1.807) is 0 Å². The average Bonchev–Trinajstić information content (AvgIpc) is 2.64. The molecule has 5 heteroatoms. The van der Waals surface area contributed by atoms with Crippen molar-refractivity contribution in [3.8, 4) is 0 Å². The minimum Gasteiger partial charge on any atom is -0.404 e. The van der Waals surface area contributed by atoms with E-state index in [0.29, 0.717) is 17.3 Å². The van der Waals surface area contributed by atoms with Crippen molar-refractivity contribution < 1.29 is 9.31 Å². The van der Waals surface area contributed by atoms with Crippen LogP contribution in [0.2, 0.25) is 0 Å². The maximum atomic E-state index is 6.35. The van der Waals surface area contributed by atoms with Crippen LogP contribution in [0.25, 0.3) is 0 Å². The summed E-state index contributed by atoms with van der Waals surface area (Å²) in [6.07, 6.45) is 3.67. The van der Waals surface area contributed by atoms with Crippen molar-refractivity contribution in [2.45, 2.75) is 71.5 Å². The molecule has 1 saturated heterocycles. The Morgan fingerprint density at radius 2 is 1.90 bits per heavy atom. The molecule has 2 N–H and O–H groups in total. The van der Waals surface area contributed by atoms with Crippen LogP contribution in [0.3, 0.4) is 0 Å². The van der Waals surface area contributed by atoms with Gasteiger partial charge in [-0.25, -0.2) is 0 Å². The van der Waals surface area contributed by atoms with Crippen molar-refractivity contribution in [3.63, 3.8) is 0 Å². The zero-order valence-electron chi connectivity index (χ0n) is 13.4. The third-order valence-electron chi connectivity index (χ3n) is 6.06. The van der Waals surface area contributed by atoms with Gasteiger partial charge in [0.15, 0.2) is 0 Å². The first-order valence-corrected chi connectivity index (χ1v) is 7.84. The van der Waals surface area contributed by atoms with Crippen LogP contribution in [0, 0.1) is 23.2 Å². The maximum absolute atomic E-state index is 6.35. The summed E-state index contributed by atoms with van der Waals surface area (Å²) in [6, 6.07) is 0. The molecule has 116 valence electrons. The Morgan fingerprint density at radius 1 is 1.25 bits per heavy atom. The predicted molar refractivity (Wildman–Crippen MR) is 84.8 cm³/mol. The third kappa shape index (κ3) is 2.23. The van der Waals surface area contributed by atoms with E-state index < -0.39 is 0 Å². The zero-order valence-corrected chi connectivity index (χ0v) is 14.2. The molecule has 5 atom stereocenters. The fraction of sp³-hybridized carbons (Fsp3) is 1.00. The van der Waals surface area contributed by atoms with Crippen molar-refractivity contribution >= 4 is 19.5 Å². The summed E-state index contributed by atoms with van der Waals surface area (Å²) in [4.78, 5) is 0. The molecule has 20 heavy (non-hydrogen) atoms. The first kappa shape index (κ1) is 16.6. The van der Waals surface area contributed by atoms with Crippen molar-refractivity contribution in [2.75, 3.05) is 0 Å². The molecule has 4 fully saturated rings. The minimum atomic E-state index is -0.201. The molecule has 0 amide bonds. The lowest BCUT2D eigenvalue weighted by Gasteiger charge is -2.64. The molecule has 1 aliphatic heterocycles. The van der Waals surface area contributed by atoms with Gasteiger partial charge < -0.3 is 15.0 Å². The molecule has 4 unspecified atom stereocenters. The molecule has 2 bridgehead atoms. The van der Waals surface area contributed by atoms with Crippen molar-refractivity contribution in [1.29, 1.82) is 0 Å². The molecule has 0 spiro atoms. The van der Waals surface area contributed by atoms with Crippen LogP contribution in [-0.4, -0.2) is 24.8 Å². The van der Waals surface area contributed by atoms with Gasteiger partial charge in [0.25, 0.3) is 0 Å². The van der Waals surface area contributed by atoms with E-state index >= 15 is 0 Å². The van der Waals surface area contributed by atoms with Crippen LogP contribution in [0.15, 0.2) is 0 Å². The van der Waals surface area contributed by atoms with Gasteiger partial charge in [0.2, 0.25) is 0 Å². The van der Waals surface area contributed by atoms with Gasteiger partial charge >= 0.3 is 7.12 Å². The van der Waals surface area contributed by atoms with Gasteiger partial charge in [-0.3, -0.25) is 0 Å². The van der Waals surface area contributed by atoms with Gasteiger partial charge in [-0.2, -0.15) is 0 Å². The summed E-state index contributed by atoms with van der Waals surface area (Å²) in [5, 5.41) is 0. The second kappa shape index (κ2) is 5.15. The largest absolute Gasteiger partial charge is 0.475 e. The fourth-order valence-electron chi connectivity index (χ4n) is 4.74. The summed E-state index contributed by atoms with van der Waals surface area (Å²) in [6.45, 7) is 11.4. The highest BCUT2D eigenvalue weighted by atomic mass is 35.5. The van der Waals surface area contributed by atoms with Crippen LogP contribution in [0.4, 0.5) is 0 Å². The highest BCUT2D eigenvalue weighted by Gasteiger charge is 2.68. The zero-order chi connectivity index (χ0) is 14.0. The summed E-state index contributed by atoms with van der Waals surface area (Å²) in [5.74, 6) is 2.02. The maximum Gasteiger partial charge on any atom is 0.475 e. The number of halogens is 1. The molecule has 0 aromatic carbocycles. The van der Waals surface area contributed by atoms with E-state index in [0.717, 1.165) is 18.8 Å². The Labute approximate surface area is 129 Å². The molecule has 0 aromatic rings. The van der Waals surface area contributed by atoms with E-state index in [1.165, 1.54) is 6.42 Å². The van der Waals surface area contributed by atoms with Crippen LogP contribution in [-0.2, 0) is 9.31 Å². The molecular weight excluding hydrogens is 272 g/mol. The second-order valence-corrected chi connectivity index (χ2v) is 8.13. The van der Waals surface area contributed by atoms with E-state index in [4.69, 9.17) is 15.0 Å². The summed E-state index contributed by atoms with van der Waals surface area (Å²) in [7, 11) is -0.201. The van der Waals surface area contributed by atoms with Crippen molar-refractivity contribution in [2.24, 2.45) is 28.9 Å². The molecule has 4 aliphatic rings. The fourth-order valence-corrected chi connectivity index (χ4v) is 4.74. The molecule has 3 saturated carbocycles. The quantitative estimate of drug-likeness (QED) is 0.815. The van der Waals surface area contributed by atoms with Gasteiger partial charge in [0, 0.05) is 5.94 Å². The average molecular weight is 302 g/mol. The van der Waals surface area contributed by atoms with E-state index in [1.807, 2.05) is 0 Å². The Balaban J connectivity index is 0.00000147. The Bertz CT molecular complexity index is 379. The lowest BCUT2D eigenvalue weighted by atomic mass is 9.43. The summed E-state index contributed by atoms with van der Waals surface area (Å²) in [5.41, 5.74) is 6.56. The van der Waals surface area contributed by atoms with Crippen molar-refractivity contribution in [3.05, 3.63) is 0 Å². The first-order chi connectivity index (χ1) is 8.75. The molecule has 0 radical (unpaired) electrons. The van der Waals surface area contributed by atoms with Gasteiger partial charge in [-0.05, 0) is 49.4 Å². The van der Waals surface area contributed by atoms with Gasteiger partial charge in [0.1, 0.15) is 0 Å². The Hall–Kier alpha value is 0.235.